The molecule has 0 aliphatic rings. The van der Waals surface area contributed by atoms with Crippen LogP contribution in [0.5, 0.6) is 5.75 Å². The van der Waals surface area contributed by atoms with Gasteiger partial charge < -0.3 is 9.72 Å². The predicted octanol–water partition coefficient (Wildman–Crippen LogP) is 1.74. The summed E-state index contributed by atoms with van der Waals surface area (Å²) in [6.45, 7) is 1.37. The Morgan fingerprint density at radius 3 is 2.69 bits per heavy atom. The van der Waals surface area contributed by atoms with Crippen molar-refractivity contribution < 1.29 is 9.53 Å². The maximum Gasteiger partial charge on any atom is 0.259 e. The van der Waals surface area contributed by atoms with E-state index in [9.17, 15) is 9.59 Å². The molecule has 4 nitrogen and oxygen atoms in total. The van der Waals surface area contributed by atoms with Gasteiger partial charge in [0, 0.05) is 6.07 Å². The van der Waals surface area contributed by atoms with E-state index in [1.807, 2.05) is 0 Å². The number of pyridine rings is 1. The number of Topliss-reactive ketones (excluding diaryl/α,β-unsaturated/α-hetero) is 1. The molecule has 0 amide bonds. The van der Waals surface area contributed by atoms with E-state index in [1.54, 1.807) is 31.4 Å². The molecular weight excluding hydrogens is 206 g/mol. The van der Waals surface area contributed by atoms with E-state index >= 15 is 0 Å². The maximum absolute atomic E-state index is 11.6. The van der Waals surface area contributed by atoms with Crippen LogP contribution in [0.3, 0.4) is 0 Å². The van der Waals surface area contributed by atoms with Gasteiger partial charge in [0.2, 0.25) is 0 Å². The summed E-state index contributed by atoms with van der Waals surface area (Å²) < 4.78 is 5.05. The van der Waals surface area contributed by atoms with Crippen LogP contribution in [0.1, 0.15) is 17.3 Å². The van der Waals surface area contributed by atoms with Gasteiger partial charge in [0.15, 0.2) is 5.78 Å². The zero-order valence-electron chi connectivity index (χ0n) is 9.03. The van der Waals surface area contributed by atoms with Crippen LogP contribution in [0.25, 0.3) is 10.9 Å². The number of benzene rings is 1. The summed E-state index contributed by atoms with van der Waals surface area (Å²) >= 11 is 0. The molecular formula is C12H11NO3. The van der Waals surface area contributed by atoms with Crippen molar-refractivity contribution in [2.24, 2.45) is 0 Å². The van der Waals surface area contributed by atoms with Crippen LogP contribution in [-0.2, 0) is 0 Å². The Labute approximate surface area is 91.9 Å². The number of ketones is 1. The van der Waals surface area contributed by atoms with Crippen LogP contribution < -0.4 is 10.3 Å². The summed E-state index contributed by atoms with van der Waals surface area (Å²) in [4.78, 5) is 25.4. The van der Waals surface area contributed by atoms with E-state index in [4.69, 9.17) is 4.74 Å². The second-order valence-corrected chi connectivity index (χ2v) is 3.52. The average Bonchev–Trinajstić information content (AvgIpc) is 2.27. The molecule has 4 heteroatoms. The Morgan fingerprint density at radius 2 is 2.06 bits per heavy atom. The molecule has 0 aliphatic carbocycles. The van der Waals surface area contributed by atoms with Gasteiger partial charge in [-0.15, -0.1) is 0 Å². The minimum absolute atomic E-state index is 0.178. The SMILES string of the molecule is COc1ccc2cc(C(C)=O)c(=O)[nH]c2c1. The largest absolute Gasteiger partial charge is 0.497 e. The summed E-state index contributed by atoms with van der Waals surface area (Å²) in [5.74, 6) is 0.428. The number of fused-ring (bicyclic) bond motifs is 1. The highest BCUT2D eigenvalue weighted by Gasteiger charge is 2.07. The number of aromatic nitrogens is 1. The van der Waals surface area contributed by atoms with E-state index in [1.165, 1.54) is 6.92 Å². The van der Waals surface area contributed by atoms with Gasteiger partial charge >= 0.3 is 0 Å². The molecule has 0 unspecified atom stereocenters. The third-order valence-electron chi connectivity index (χ3n) is 2.43. The summed E-state index contributed by atoms with van der Waals surface area (Å²) in [7, 11) is 1.56. The number of hydrogen-bond donors (Lipinski definition) is 1. The van der Waals surface area contributed by atoms with Crippen LogP contribution in [0.2, 0.25) is 0 Å². The molecule has 2 rings (SSSR count). The predicted molar refractivity (Wildman–Crippen MR) is 61.1 cm³/mol. The van der Waals surface area contributed by atoms with Gasteiger partial charge in [-0.2, -0.15) is 0 Å². The van der Waals surface area contributed by atoms with Gasteiger partial charge in [-0.25, -0.2) is 0 Å². The summed E-state index contributed by atoms with van der Waals surface area (Å²) in [5, 5.41) is 0.811. The second-order valence-electron chi connectivity index (χ2n) is 3.52. The molecule has 2 aromatic rings. The minimum atomic E-state index is -0.367. The molecule has 0 fully saturated rings. The van der Waals surface area contributed by atoms with Crippen LogP contribution in [0, 0.1) is 0 Å². The monoisotopic (exact) mass is 217 g/mol. The summed E-state index contributed by atoms with van der Waals surface area (Å²) in [6.07, 6.45) is 0. The number of hydrogen-bond acceptors (Lipinski definition) is 3. The van der Waals surface area contributed by atoms with Crippen molar-refractivity contribution in [2.75, 3.05) is 7.11 Å². The number of carbonyl (C=O) groups is 1. The number of rotatable bonds is 2. The van der Waals surface area contributed by atoms with Crippen molar-refractivity contribution in [3.8, 4) is 5.75 Å². The number of aromatic amines is 1. The van der Waals surface area contributed by atoms with Gasteiger partial charge in [-0.05, 0) is 30.5 Å². The van der Waals surface area contributed by atoms with Crippen molar-refractivity contribution in [1.82, 2.24) is 4.98 Å². The zero-order valence-corrected chi connectivity index (χ0v) is 9.03. The van der Waals surface area contributed by atoms with Crippen LogP contribution >= 0.6 is 0 Å². The van der Waals surface area contributed by atoms with Crippen LogP contribution in [0.15, 0.2) is 29.1 Å². The number of carbonyl (C=O) groups excluding carboxylic acids is 1. The molecule has 82 valence electrons. The Kier molecular flexibility index (Phi) is 2.48. The minimum Gasteiger partial charge on any atom is -0.497 e. The fraction of sp³-hybridized carbons (Fsp3) is 0.167. The van der Waals surface area contributed by atoms with Crippen molar-refractivity contribution in [3.63, 3.8) is 0 Å². The van der Waals surface area contributed by atoms with E-state index in [0.29, 0.717) is 11.3 Å². The number of H-pyrrole nitrogens is 1. The van der Waals surface area contributed by atoms with Crippen LogP contribution in [-0.4, -0.2) is 17.9 Å². The molecule has 1 aromatic carbocycles. The van der Waals surface area contributed by atoms with Crippen LogP contribution in [0.4, 0.5) is 0 Å². The topological polar surface area (TPSA) is 59.2 Å². The molecule has 0 saturated carbocycles. The molecule has 0 radical (unpaired) electrons. The standard InChI is InChI=1S/C12H11NO3/c1-7(14)10-5-8-3-4-9(16-2)6-11(8)13-12(10)15/h3-6H,1-2H3,(H,13,15). The molecule has 16 heavy (non-hydrogen) atoms. The highest BCUT2D eigenvalue weighted by Crippen LogP contribution is 2.18. The lowest BCUT2D eigenvalue weighted by Crippen LogP contribution is -2.15. The molecule has 0 spiro atoms. The molecule has 1 aromatic heterocycles. The van der Waals surface area contributed by atoms with Gasteiger partial charge in [-0.3, -0.25) is 9.59 Å². The van der Waals surface area contributed by atoms with Crippen molar-refractivity contribution in [3.05, 3.63) is 40.2 Å². The van der Waals surface area contributed by atoms with Gasteiger partial charge in [0.25, 0.3) is 5.56 Å². The first-order valence-electron chi connectivity index (χ1n) is 4.84. The summed E-state index contributed by atoms with van der Waals surface area (Å²) in [6, 6.07) is 6.90. The third-order valence-corrected chi connectivity index (χ3v) is 2.43. The lowest BCUT2D eigenvalue weighted by molar-refractivity contribution is 0.101. The molecule has 1 N–H and O–H groups in total. The molecule has 1 heterocycles. The second kappa shape index (κ2) is 3.81. The highest BCUT2D eigenvalue weighted by atomic mass is 16.5. The Balaban J connectivity index is 2.74. The smallest absolute Gasteiger partial charge is 0.259 e. The number of ether oxygens (including phenoxy) is 1. The van der Waals surface area contributed by atoms with Gasteiger partial charge in [-0.1, -0.05) is 0 Å². The number of methoxy groups -OCH3 is 1. The lowest BCUT2D eigenvalue weighted by Gasteiger charge is -2.03. The molecule has 0 bridgehead atoms. The van der Waals surface area contributed by atoms with Gasteiger partial charge in [0.05, 0.1) is 18.2 Å². The number of nitrogens with one attached hydrogen (secondary N) is 1. The van der Waals surface area contributed by atoms with Gasteiger partial charge in [0.1, 0.15) is 5.75 Å². The Morgan fingerprint density at radius 1 is 1.31 bits per heavy atom. The Bertz CT molecular complexity index is 613. The maximum atomic E-state index is 11.6. The normalized spacial score (nSPS) is 10.4. The lowest BCUT2D eigenvalue weighted by atomic mass is 10.1. The average molecular weight is 217 g/mol. The zero-order chi connectivity index (χ0) is 11.7. The third kappa shape index (κ3) is 1.69. The fourth-order valence-corrected chi connectivity index (χ4v) is 1.57. The first-order chi connectivity index (χ1) is 7.61. The van der Waals surface area contributed by atoms with E-state index < -0.39 is 0 Å². The summed E-state index contributed by atoms with van der Waals surface area (Å²) in [5.41, 5.74) is 0.472. The molecule has 0 aliphatic heterocycles. The van der Waals surface area contributed by atoms with E-state index in [2.05, 4.69) is 4.98 Å². The van der Waals surface area contributed by atoms with E-state index in [-0.39, 0.29) is 16.9 Å². The van der Waals surface area contributed by atoms with Crippen molar-refractivity contribution >= 4 is 16.7 Å². The first-order valence-corrected chi connectivity index (χ1v) is 4.84. The molecule has 0 atom stereocenters. The Hall–Kier alpha value is -2.10. The fourth-order valence-electron chi connectivity index (χ4n) is 1.57. The van der Waals surface area contributed by atoms with E-state index in [0.717, 1.165) is 5.39 Å². The van der Waals surface area contributed by atoms with Crippen molar-refractivity contribution in [1.29, 1.82) is 0 Å². The first kappa shape index (κ1) is 10.4. The molecule has 0 saturated heterocycles. The van der Waals surface area contributed by atoms with Crippen molar-refractivity contribution in [2.45, 2.75) is 6.92 Å². The quantitative estimate of drug-likeness (QED) is 0.779. The highest BCUT2D eigenvalue weighted by molar-refractivity contribution is 5.97.